The first-order valence-corrected chi connectivity index (χ1v) is 7.50. The second-order valence-corrected chi connectivity index (χ2v) is 5.87. The van der Waals surface area contributed by atoms with Crippen molar-refractivity contribution < 1.29 is 32.8 Å². The van der Waals surface area contributed by atoms with E-state index in [0.29, 0.717) is 25.7 Å². The Kier molecular flexibility index (Phi) is 5.29. The van der Waals surface area contributed by atoms with Crippen molar-refractivity contribution in [2.24, 2.45) is 5.92 Å². The van der Waals surface area contributed by atoms with Gasteiger partial charge in [-0.1, -0.05) is 12.8 Å². The minimum atomic E-state index is -4.67. The third kappa shape index (κ3) is 4.46. The lowest BCUT2D eigenvalue weighted by atomic mass is 9.97. The number of carboxylic acid groups (broad SMARTS) is 1. The van der Waals surface area contributed by atoms with Crippen molar-refractivity contribution in [3.8, 4) is 0 Å². The molecule has 1 aliphatic rings. The van der Waals surface area contributed by atoms with Crippen LogP contribution < -0.4 is 5.32 Å². The fourth-order valence-electron chi connectivity index (χ4n) is 2.95. The summed E-state index contributed by atoms with van der Waals surface area (Å²) in [5.74, 6) is -3.48. The predicted octanol–water partition coefficient (Wildman–Crippen LogP) is 3.14. The third-order valence-corrected chi connectivity index (χ3v) is 4.15. The number of carbonyl (C=O) groups is 2. The summed E-state index contributed by atoms with van der Waals surface area (Å²) in [4.78, 5) is 33.1. The van der Waals surface area contributed by atoms with Crippen LogP contribution in [-0.4, -0.2) is 34.1 Å². The smallest absolute Gasteiger partial charge is 0.408 e. The van der Waals surface area contributed by atoms with Crippen LogP contribution >= 0.6 is 0 Å². The summed E-state index contributed by atoms with van der Waals surface area (Å²) in [5, 5.41) is 21.7. The highest BCUT2D eigenvalue weighted by Crippen LogP contribution is 2.36. The van der Waals surface area contributed by atoms with Gasteiger partial charge in [0.25, 0.3) is 11.6 Å². The number of rotatable bonds is 5. The number of halogens is 3. The summed E-state index contributed by atoms with van der Waals surface area (Å²) in [6.07, 6.45) is -2.76. The van der Waals surface area contributed by atoms with Crippen molar-refractivity contribution in [3.05, 3.63) is 39.4 Å². The van der Waals surface area contributed by atoms with Crippen molar-refractivity contribution in [2.45, 2.75) is 37.9 Å². The topological polar surface area (TPSA) is 110 Å². The highest BCUT2D eigenvalue weighted by atomic mass is 19.4. The molecule has 1 amide bonds. The quantitative estimate of drug-likeness (QED) is 0.619. The minimum Gasteiger partial charge on any atom is -0.478 e. The summed E-state index contributed by atoms with van der Waals surface area (Å²) in [5.41, 5.74) is -1.74. The number of carbonyl (C=O) groups excluding carboxylic acids is 1. The van der Waals surface area contributed by atoms with Gasteiger partial charge in [0.05, 0.1) is 10.5 Å². The largest absolute Gasteiger partial charge is 0.478 e. The van der Waals surface area contributed by atoms with Crippen LogP contribution in [0, 0.1) is 16.0 Å². The molecule has 0 bridgehead atoms. The highest BCUT2D eigenvalue weighted by molar-refractivity contribution is 5.98. The molecule has 1 atom stereocenters. The lowest BCUT2D eigenvalue weighted by Gasteiger charge is -2.27. The van der Waals surface area contributed by atoms with E-state index < -0.39 is 51.8 Å². The normalized spacial score (nSPS) is 16.4. The molecule has 1 aliphatic carbocycles. The van der Waals surface area contributed by atoms with E-state index >= 15 is 0 Å². The van der Waals surface area contributed by atoms with Crippen LogP contribution in [0.3, 0.4) is 0 Å². The van der Waals surface area contributed by atoms with Crippen LogP contribution in [-0.2, 0) is 0 Å². The number of alkyl halides is 3. The molecule has 0 radical (unpaired) electrons. The molecule has 0 spiro atoms. The monoisotopic (exact) mass is 360 g/mol. The van der Waals surface area contributed by atoms with Crippen LogP contribution in [0.1, 0.15) is 46.4 Å². The van der Waals surface area contributed by atoms with E-state index in [2.05, 4.69) is 0 Å². The molecule has 1 aromatic rings. The van der Waals surface area contributed by atoms with Gasteiger partial charge in [-0.15, -0.1) is 0 Å². The molecule has 0 heterocycles. The molecule has 0 saturated heterocycles. The molecule has 1 saturated carbocycles. The summed E-state index contributed by atoms with van der Waals surface area (Å²) in [6, 6.07) is 0.225. The molecule has 2 N–H and O–H groups in total. The Hall–Kier alpha value is -2.65. The standard InChI is InChI=1S/C15H15F3N2O5/c16-15(17,18)12(8-3-1-2-4-8)19-13(21)9-5-10(14(22)23)7-11(6-9)20(24)25/h5-8,12H,1-4H2,(H,19,21)(H,22,23). The first-order valence-electron chi connectivity index (χ1n) is 7.50. The fraction of sp³-hybridized carbons (Fsp3) is 0.467. The van der Waals surface area contributed by atoms with Crippen LogP contribution in [0.25, 0.3) is 0 Å². The molecule has 1 fully saturated rings. The maximum absolute atomic E-state index is 13.2. The number of benzene rings is 1. The van der Waals surface area contributed by atoms with Crippen LogP contribution in [0.4, 0.5) is 18.9 Å². The van der Waals surface area contributed by atoms with E-state index in [1.165, 1.54) is 0 Å². The van der Waals surface area contributed by atoms with Gasteiger partial charge in [-0.2, -0.15) is 13.2 Å². The summed E-state index contributed by atoms with van der Waals surface area (Å²) >= 11 is 0. The lowest BCUT2D eigenvalue weighted by molar-refractivity contribution is -0.384. The number of amides is 1. The number of nitrogens with one attached hydrogen (secondary N) is 1. The Bertz CT molecular complexity index is 667. The number of nitrogens with zero attached hydrogens (tertiary/aromatic N) is 1. The first kappa shape index (κ1) is 18.7. The fourth-order valence-corrected chi connectivity index (χ4v) is 2.95. The molecule has 1 unspecified atom stereocenters. The molecule has 136 valence electrons. The van der Waals surface area contributed by atoms with Crippen molar-refractivity contribution in [3.63, 3.8) is 0 Å². The van der Waals surface area contributed by atoms with Gasteiger partial charge in [-0.25, -0.2) is 4.79 Å². The van der Waals surface area contributed by atoms with E-state index in [9.17, 15) is 32.9 Å². The van der Waals surface area contributed by atoms with E-state index in [4.69, 9.17) is 5.11 Å². The zero-order valence-electron chi connectivity index (χ0n) is 12.9. The van der Waals surface area contributed by atoms with Gasteiger partial charge < -0.3 is 10.4 Å². The van der Waals surface area contributed by atoms with Gasteiger partial charge in [0.2, 0.25) is 0 Å². The van der Waals surface area contributed by atoms with Crippen LogP contribution in [0.15, 0.2) is 18.2 Å². The summed E-state index contributed by atoms with van der Waals surface area (Å²) < 4.78 is 39.7. The van der Waals surface area contributed by atoms with Crippen molar-refractivity contribution in [1.29, 1.82) is 0 Å². The van der Waals surface area contributed by atoms with Gasteiger partial charge in [0, 0.05) is 17.7 Å². The number of hydrogen-bond donors (Lipinski definition) is 2. The Morgan fingerprint density at radius 2 is 1.76 bits per heavy atom. The van der Waals surface area contributed by atoms with E-state index in [-0.39, 0.29) is 0 Å². The Balaban J connectivity index is 2.32. The van der Waals surface area contributed by atoms with E-state index in [1.807, 2.05) is 5.32 Å². The number of aromatic carboxylic acids is 1. The zero-order valence-corrected chi connectivity index (χ0v) is 12.9. The number of hydrogen-bond acceptors (Lipinski definition) is 4. The minimum absolute atomic E-state index is 0.319. The van der Waals surface area contributed by atoms with Gasteiger partial charge in [-0.3, -0.25) is 14.9 Å². The number of non-ortho nitro benzene ring substituents is 1. The van der Waals surface area contributed by atoms with Gasteiger partial charge in [-0.05, 0) is 24.8 Å². The van der Waals surface area contributed by atoms with Crippen molar-refractivity contribution >= 4 is 17.6 Å². The van der Waals surface area contributed by atoms with Crippen LogP contribution in [0.2, 0.25) is 0 Å². The second-order valence-electron chi connectivity index (χ2n) is 5.87. The SMILES string of the molecule is O=C(O)c1cc(C(=O)NC(C2CCCC2)C(F)(F)F)cc([N+](=O)[O-])c1. The zero-order chi connectivity index (χ0) is 18.8. The number of carboxylic acids is 1. The number of nitro benzene ring substituents is 1. The maximum Gasteiger partial charge on any atom is 0.408 e. The van der Waals surface area contributed by atoms with E-state index in [1.54, 1.807) is 0 Å². The van der Waals surface area contributed by atoms with Crippen LogP contribution in [0.5, 0.6) is 0 Å². The van der Waals surface area contributed by atoms with Gasteiger partial charge >= 0.3 is 12.1 Å². The third-order valence-electron chi connectivity index (χ3n) is 4.15. The average molecular weight is 360 g/mol. The highest BCUT2D eigenvalue weighted by Gasteiger charge is 2.46. The molecular weight excluding hydrogens is 345 g/mol. The Morgan fingerprint density at radius 3 is 2.24 bits per heavy atom. The second kappa shape index (κ2) is 7.08. The molecular formula is C15H15F3N2O5. The molecule has 10 heteroatoms. The predicted molar refractivity (Wildman–Crippen MR) is 79.3 cm³/mol. The van der Waals surface area contributed by atoms with Crippen molar-refractivity contribution in [1.82, 2.24) is 5.32 Å². The summed E-state index contributed by atoms with van der Waals surface area (Å²) in [6.45, 7) is 0. The molecule has 0 aromatic heterocycles. The van der Waals surface area contributed by atoms with E-state index in [0.717, 1.165) is 18.2 Å². The van der Waals surface area contributed by atoms with Gasteiger partial charge in [0.15, 0.2) is 0 Å². The molecule has 1 aromatic carbocycles. The number of nitro groups is 1. The summed E-state index contributed by atoms with van der Waals surface area (Å²) in [7, 11) is 0. The Morgan fingerprint density at radius 1 is 1.20 bits per heavy atom. The molecule has 25 heavy (non-hydrogen) atoms. The lowest BCUT2D eigenvalue weighted by Crippen LogP contribution is -2.49. The molecule has 7 nitrogen and oxygen atoms in total. The molecule has 2 rings (SSSR count). The first-order chi connectivity index (χ1) is 11.6. The Labute approximate surface area is 140 Å². The maximum atomic E-state index is 13.2. The van der Waals surface area contributed by atoms with Gasteiger partial charge in [0.1, 0.15) is 6.04 Å². The van der Waals surface area contributed by atoms with Crippen molar-refractivity contribution in [2.75, 3.05) is 0 Å². The molecule has 0 aliphatic heterocycles. The average Bonchev–Trinajstić information content (AvgIpc) is 3.04.